The lowest BCUT2D eigenvalue weighted by atomic mass is 10.2. The Bertz CT molecular complexity index is 813. The summed E-state index contributed by atoms with van der Waals surface area (Å²) in [4.78, 5) is 23.8. The van der Waals surface area contributed by atoms with Crippen LogP contribution in [0.4, 0.5) is 5.69 Å². The lowest BCUT2D eigenvalue weighted by Crippen LogP contribution is -2.44. The van der Waals surface area contributed by atoms with Gasteiger partial charge >= 0.3 is 11.8 Å². The quantitative estimate of drug-likeness (QED) is 0.802. The van der Waals surface area contributed by atoms with Gasteiger partial charge in [-0.2, -0.15) is 0 Å². The number of anilines is 1. The molecule has 2 aromatic carbocycles. The van der Waals surface area contributed by atoms with Crippen LogP contribution < -0.4 is 20.1 Å². The molecule has 3 rings (SSSR count). The molecule has 0 fully saturated rings. The molecule has 2 amide bonds. The molecular weight excluding hydrogens is 367 g/mol. The van der Waals surface area contributed by atoms with E-state index >= 15 is 0 Å². The molecule has 1 heterocycles. The summed E-state index contributed by atoms with van der Waals surface area (Å²) in [5, 5.41) is 5.60. The molecule has 6 nitrogen and oxygen atoms in total. The highest BCUT2D eigenvalue weighted by atomic mass is 35.5. The lowest BCUT2D eigenvalue weighted by molar-refractivity contribution is -0.136. The minimum absolute atomic E-state index is 0.141. The van der Waals surface area contributed by atoms with Gasteiger partial charge in [0.05, 0.1) is 16.6 Å². The first kappa shape index (κ1) is 17.4. The van der Waals surface area contributed by atoms with E-state index in [1.807, 2.05) is 12.1 Å². The first-order chi connectivity index (χ1) is 12.0. The summed E-state index contributed by atoms with van der Waals surface area (Å²) in [6.07, 6.45) is -0.378. The van der Waals surface area contributed by atoms with Crippen LogP contribution >= 0.6 is 23.2 Å². The van der Waals surface area contributed by atoms with Crippen molar-refractivity contribution in [3.05, 3.63) is 52.5 Å². The molecule has 1 aliphatic rings. The van der Waals surface area contributed by atoms with Gasteiger partial charge in [-0.3, -0.25) is 9.59 Å². The van der Waals surface area contributed by atoms with Crippen molar-refractivity contribution in [1.82, 2.24) is 5.32 Å². The molecule has 2 N–H and O–H groups in total. The third kappa shape index (κ3) is 4.35. The second-order valence-electron chi connectivity index (χ2n) is 5.29. The van der Waals surface area contributed by atoms with Crippen LogP contribution in [0.25, 0.3) is 0 Å². The molecule has 0 aromatic heterocycles. The fraction of sp³-hybridized carbons (Fsp3) is 0.176. The minimum Gasteiger partial charge on any atom is -0.486 e. The number of amides is 2. The van der Waals surface area contributed by atoms with E-state index in [1.165, 1.54) is 12.1 Å². The number of ether oxygens (including phenoxy) is 2. The van der Waals surface area contributed by atoms with Crippen LogP contribution in [0.3, 0.4) is 0 Å². The fourth-order valence-electron chi connectivity index (χ4n) is 2.21. The Kier molecular flexibility index (Phi) is 5.31. The zero-order valence-corrected chi connectivity index (χ0v) is 14.4. The molecule has 0 radical (unpaired) electrons. The van der Waals surface area contributed by atoms with Crippen LogP contribution in [-0.4, -0.2) is 31.1 Å². The number of benzene rings is 2. The molecule has 1 atom stereocenters. The Hall–Kier alpha value is -2.44. The summed E-state index contributed by atoms with van der Waals surface area (Å²) in [5.41, 5.74) is 0.376. The summed E-state index contributed by atoms with van der Waals surface area (Å²) in [6, 6.07) is 11.8. The number of halogens is 2. The Morgan fingerprint density at radius 1 is 1.04 bits per heavy atom. The topological polar surface area (TPSA) is 76.7 Å². The number of hydrogen-bond acceptors (Lipinski definition) is 4. The van der Waals surface area contributed by atoms with Crippen molar-refractivity contribution in [1.29, 1.82) is 0 Å². The maximum absolute atomic E-state index is 11.9. The second kappa shape index (κ2) is 7.63. The van der Waals surface area contributed by atoms with Crippen molar-refractivity contribution in [2.24, 2.45) is 0 Å². The molecule has 0 bridgehead atoms. The summed E-state index contributed by atoms with van der Waals surface area (Å²) in [6.45, 7) is 0.424. The predicted octanol–water partition coefficient (Wildman–Crippen LogP) is 2.89. The largest absolute Gasteiger partial charge is 0.486 e. The van der Waals surface area contributed by atoms with Crippen molar-refractivity contribution in [3.63, 3.8) is 0 Å². The first-order valence-corrected chi connectivity index (χ1v) is 8.21. The van der Waals surface area contributed by atoms with Gasteiger partial charge in [0, 0.05) is 5.69 Å². The van der Waals surface area contributed by atoms with E-state index in [0.717, 1.165) is 0 Å². The molecule has 0 aliphatic carbocycles. The van der Waals surface area contributed by atoms with E-state index in [-0.39, 0.29) is 24.3 Å². The van der Waals surface area contributed by atoms with E-state index in [4.69, 9.17) is 32.7 Å². The Labute approximate surface area is 154 Å². The Morgan fingerprint density at radius 3 is 2.56 bits per heavy atom. The van der Waals surface area contributed by atoms with Crippen LogP contribution in [0.5, 0.6) is 11.5 Å². The van der Waals surface area contributed by atoms with Crippen LogP contribution in [0, 0.1) is 0 Å². The van der Waals surface area contributed by atoms with Gasteiger partial charge in [-0.1, -0.05) is 35.3 Å². The average molecular weight is 381 g/mol. The molecule has 8 heteroatoms. The van der Waals surface area contributed by atoms with E-state index in [1.54, 1.807) is 18.2 Å². The number of fused-ring (bicyclic) bond motifs is 1. The number of rotatable bonds is 3. The zero-order chi connectivity index (χ0) is 17.8. The summed E-state index contributed by atoms with van der Waals surface area (Å²) >= 11 is 11.7. The average Bonchev–Trinajstić information content (AvgIpc) is 2.62. The summed E-state index contributed by atoms with van der Waals surface area (Å²) in [5.74, 6) is -0.334. The number of hydrogen-bond donors (Lipinski definition) is 2. The Morgan fingerprint density at radius 2 is 1.80 bits per heavy atom. The molecule has 0 saturated heterocycles. The standard InChI is InChI=1S/C17H14Cl2N2O4/c18-12-6-5-10(7-13(12)19)21-17(23)16(22)20-8-11-9-24-14-3-1-2-4-15(14)25-11/h1-7,11H,8-9H2,(H,20,22)(H,21,23). The van der Waals surface area contributed by atoms with Gasteiger partial charge in [-0.15, -0.1) is 0 Å². The van der Waals surface area contributed by atoms with Crippen LogP contribution in [0.15, 0.2) is 42.5 Å². The zero-order valence-electron chi connectivity index (χ0n) is 12.9. The van der Waals surface area contributed by atoms with E-state index in [9.17, 15) is 9.59 Å². The number of carbonyl (C=O) groups excluding carboxylic acids is 2. The van der Waals surface area contributed by atoms with Crippen LogP contribution in [0.1, 0.15) is 0 Å². The second-order valence-corrected chi connectivity index (χ2v) is 6.11. The lowest BCUT2D eigenvalue weighted by Gasteiger charge is -2.26. The molecule has 0 saturated carbocycles. The normalized spacial score (nSPS) is 15.4. The molecule has 25 heavy (non-hydrogen) atoms. The molecule has 1 unspecified atom stereocenters. The molecule has 130 valence electrons. The number of nitrogens with one attached hydrogen (secondary N) is 2. The maximum atomic E-state index is 11.9. The summed E-state index contributed by atoms with van der Waals surface area (Å²) < 4.78 is 11.3. The van der Waals surface area contributed by atoms with E-state index in [2.05, 4.69) is 10.6 Å². The molecule has 1 aliphatic heterocycles. The van der Waals surface area contributed by atoms with Gasteiger partial charge < -0.3 is 20.1 Å². The highest BCUT2D eigenvalue weighted by molar-refractivity contribution is 6.42. The molecular formula is C17H14Cl2N2O4. The van der Waals surface area contributed by atoms with Crippen molar-refractivity contribution in [2.45, 2.75) is 6.10 Å². The monoisotopic (exact) mass is 380 g/mol. The van der Waals surface area contributed by atoms with Gasteiger partial charge in [0.1, 0.15) is 12.7 Å². The van der Waals surface area contributed by atoms with E-state index < -0.39 is 11.8 Å². The minimum atomic E-state index is -0.810. The van der Waals surface area contributed by atoms with Crippen LogP contribution in [0.2, 0.25) is 10.0 Å². The van der Waals surface area contributed by atoms with Crippen molar-refractivity contribution >= 4 is 40.7 Å². The summed E-state index contributed by atoms with van der Waals surface area (Å²) in [7, 11) is 0. The van der Waals surface area contributed by atoms with Gasteiger partial charge in [0.15, 0.2) is 11.5 Å². The van der Waals surface area contributed by atoms with E-state index in [0.29, 0.717) is 22.2 Å². The van der Waals surface area contributed by atoms with Crippen molar-refractivity contribution in [3.8, 4) is 11.5 Å². The first-order valence-electron chi connectivity index (χ1n) is 7.45. The third-order valence-electron chi connectivity index (χ3n) is 3.44. The number of para-hydroxylation sites is 2. The molecule has 2 aromatic rings. The third-order valence-corrected chi connectivity index (χ3v) is 4.18. The smallest absolute Gasteiger partial charge is 0.313 e. The molecule has 0 spiro atoms. The number of carbonyl (C=O) groups is 2. The van der Waals surface area contributed by atoms with Gasteiger partial charge in [0.2, 0.25) is 0 Å². The fourth-order valence-corrected chi connectivity index (χ4v) is 2.51. The SMILES string of the molecule is O=C(NCC1COc2ccccc2O1)C(=O)Nc1ccc(Cl)c(Cl)c1. The predicted molar refractivity (Wildman–Crippen MR) is 94.5 cm³/mol. The highest BCUT2D eigenvalue weighted by Crippen LogP contribution is 2.30. The van der Waals surface area contributed by atoms with Gasteiger partial charge in [0.25, 0.3) is 0 Å². The van der Waals surface area contributed by atoms with Crippen LogP contribution in [-0.2, 0) is 9.59 Å². The maximum Gasteiger partial charge on any atom is 0.313 e. The Balaban J connectivity index is 1.51. The van der Waals surface area contributed by atoms with Gasteiger partial charge in [-0.05, 0) is 30.3 Å². The van der Waals surface area contributed by atoms with Crippen molar-refractivity contribution < 1.29 is 19.1 Å². The van der Waals surface area contributed by atoms with Crippen molar-refractivity contribution in [2.75, 3.05) is 18.5 Å². The highest BCUT2D eigenvalue weighted by Gasteiger charge is 2.22. The van der Waals surface area contributed by atoms with Gasteiger partial charge in [-0.25, -0.2) is 0 Å².